The maximum absolute atomic E-state index is 11.7. The molecule has 8 nitrogen and oxygen atoms in total. The molecular weight excluding hydrogens is 344 g/mol. The zero-order chi connectivity index (χ0) is 18.1. The summed E-state index contributed by atoms with van der Waals surface area (Å²) in [4.78, 5) is 19.3. The van der Waals surface area contributed by atoms with Crippen LogP contribution in [0.5, 0.6) is 0 Å². The van der Waals surface area contributed by atoms with E-state index in [2.05, 4.69) is 20.4 Å². The Balaban J connectivity index is 2.15. The van der Waals surface area contributed by atoms with Gasteiger partial charge in [0.05, 0.1) is 10.6 Å². The second-order valence-corrected chi connectivity index (χ2v) is 5.94. The molecule has 128 valence electrons. The minimum absolute atomic E-state index is 0.0768. The van der Waals surface area contributed by atoms with Crippen LogP contribution in [0.25, 0.3) is 5.82 Å². The maximum Gasteiger partial charge on any atom is 0.355 e. The molecule has 2 aromatic heterocycles. The second-order valence-electron chi connectivity index (χ2n) is 5.53. The fourth-order valence-corrected chi connectivity index (χ4v) is 2.67. The standard InChI is InChI=1S/C16H15ClN6O2/c1-9-7-10(2)22(21-9)16-14(23(24)25)15(18-8-19-16)20-13-6-4-5-12(17)11(13)3/h4-8H,1-3H3,(H,18,19,20). The van der Waals surface area contributed by atoms with Crippen molar-refractivity contribution in [2.75, 3.05) is 5.32 Å². The van der Waals surface area contributed by atoms with E-state index in [-0.39, 0.29) is 17.3 Å². The van der Waals surface area contributed by atoms with E-state index in [1.54, 1.807) is 25.1 Å². The molecule has 0 fully saturated rings. The third-order valence-corrected chi connectivity index (χ3v) is 4.13. The van der Waals surface area contributed by atoms with E-state index in [1.165, 1.54) is 11.0 Å². The third-order valence-electron chi connectivity index (χ3n) is 3.72. The van der Waals surface area contributed by atoms with Gasteiger partial charge in [-0.15, -0.1) is 0 Å². The molecule has 0 saturated heterocycles. The number of hydrogen-bond donors (Lipinski definition) is 1. The summed E-state index contributed by atoms with van der Waals surface area (Å²) >= 11 is 6.11. The van der Waals surface area contributed by atoms with Crippen LogP contribution in [0.3, 0.4) is 0 Å². The van der Waals surface area contributed by atoms with Crippen molar-refractivity contribution in [3.05, 3.63) is 62.7 Å². The van der Waals surface area contributed by atoms with Crippen LogP contribution < -0.4 is 5.32 Å². The molecule has 1 aromatic carbocycles. The van der Waals surface area contributed by atoms with Gasteiger partial charge in [0.1, 0.15) is 6.33 Å². The highest BCUT2D eigenvalue weighted by Gasteiger charge is 2.26. The third kappa shape index (κ3) is 3.16. The second kappa shape index (κ2) is 6.48. The number of aryl methyl sites for hydroxylation is 2. The summed E-state index contributed by atoms with van der Waals surface area (Å²) in [6.07, 6.45) is 1.26. The molecule has 3 rings (SSSR count). The monoisotopic (exact) mass is 358 g/mol. The number of aromatic nitrogens is 4. The summed E-state index contributed by atoms with van der Waals surface area (Å²) in [6.45, 7) is 5.44. The number of hydrogen-bond acceptors (Lipinski definition) is 6. The Labute approximate surface area is 148 Å². The zero-order valence-corrected chi connectivity index (χ0v) is 14.6. The van der Waals surface area contributed by atoms with Crippen LogP contribution in [-0.2, 0) is 0 Å². The van der Waals surface area contributed by atoms with Gasteiger partial charge in [0.2, 0.25) is 11.6 Å². The van der Waals surface area contributed by atoms with Gasteiger partial charge in [-0.2, -0.15) is 5.10 Å². The first kappa shape index (κ1) is 16.8. The molecule has 0 aliphatic heterocycles. The molecule has 0 radical (unpaired) electrons. The molecule has 0 atom stereocenters. The van der Waals surface area contributed by atoms with Crippen molar-refractivity contribution in [1.82, 2.24) is 19.7 Å². The molecule has 0 aliphatic rings. The summed E-state index contributed by atoms with van der Waals surface area (Å²) < 4.78 is 1.44. The zero-order valence-electron chi connectivity index (χ0n) is 13.8. The number of halogens is 1. The van der Waals surface area contributed by atoms with Gasteiger partial charge in [-0.3, -0.25) is 10.1 Å². The lowest BCUT2D eigenvalue weighted by molar-refractivity contribution is -0.384. The Morgan fingerprint density at radius 1 is 1.24 bits per heavy atom. The van der Waals surface area contributed by atoms with Gasteiger partial charge in [-0.25, -0.2) is 14.6 Å². The van der Waals surface area contributed by atoms with Gasteiger partial charge in [0.25, 0.3) is 0 Å². The maximum atomic E-state index is 11.7. The smallest absolute Gasteiger partial charge is 0.334 e. The van der Waals surface area contributed by atoms with Gasteiger partial charge in [0, 0.05) is 16.4 Å². The predicted molar refractivity (Wildman–Crippen MR) is 94.8 cm³/mol. The van der Waals surface area contributed by atoms with Crippen LogP contribution in [0, 0.1) is 30.9 Å². The van der Waals surface area contributed by atoms with Gasteiger partial charge in [-0.05, 0) is 44.5 Å². The van der Waals surface area contributed by atoms with Crippen LogP contribution in [-0.4, -0.2) is 24.7 Å². The summed E-state index contributed by atoms with van der Waals surface area (Å²) in [6, 6.07) is 7.10. The molecule has 1 N–H and O–H groups in total. The molecule has 9 heteroatoms. The van der Waals surface area contributed by atoms with Gasteiger partial charge in [-0.1, -0.05) is 17.7 Å². The largest absolute Gasteiger partial charge is 0.355 e. The minimum atomic E-state index is -0.520. The van der Waals surface area contributed by atoms with Crippen molar-refractivity contribution in [1.29, 1.82) is 0 Å². The molecule has 3 aromatic rings. The molecule has 0 spiro atoms. The van der Waals surface area contributed by atoms with E-state index in [0.717, 1.165) is 17.0 Å². The number of nitrogens with zero attached hydrogens (tertiary/aromatic N) is 5. The SMILES string of the molecule is Cc1cc(C)n(-c2ncnc(Nc3cccc(Cl)c3C)c2[N+](=O)[O-])n1. The fourth-order valence-electron chi connectivity index (χ4n) is 2.50. The lowest BCUT2D eigenvalue weighted by Gasteiger charge is -2.11. The van der Waals surface area contributed by atoms with Crippen molar-refractivity contribution >= 4 is 28.8 Å². The number of benzene rings is 1. The molecular formula is C16H15ClN6O2. The highest BCUT2D eigenvalue weighted by atomic mass is 35.5. The van der Waals surface area contributed by atoms with E-state index in [9.17, 15) is 10.1 Å². The summed E-state index contributed by atoms with van der Waals surface area (Å²) in [5.41, 5.74) is 2.63. The number of nitro groups is 1. The fraction of sp³-hybridized carbons (Fsp3) is 0.188. The molecule has 25 heavy (non-hydrogen) atoms. The number of nitrogens with one attached hydrogen (secondary N) is 1. The van der Waals surface area contributed by atoms with Crippen LogP contribution in [0.2, 0.25) is 5.02 Å². The van der Waals surface area contributed by atoms with Gasteiger partial charge >= 0.3 is 5.69 Å². The molecule has 0 amide bonds. The molecule has 0 unspecified atom stereocenters. The number of anilines is 2. The highest BCUT2D eigenvalue weighted by Crippen LogP contribution is 2.32. The first-order chi connectivity index (χ1) is 11.9. The highest BCUT2D eigenvalue weighted by molar-refractivity contribution is 6.31. The average molecular weight is 359 g/mol. The van der Waals surface area contributed by atoms with E-state index < -0.39 is 4.92 Å². The van der Waals surface area contributed by atoms with E-state index >= 15 is 0 Å². The molecule has 0 aliphatic carbocycles. The van der Waals surface area contributed by atoms with Crippen molar-refractivity contribution in [2.45, 2.75) is 20.8 Å². The van der Waals surface area contributed by atoms with Crippen molar-refractivity contribution in [3.8, 4) is 5.82 Å². The van der Waals surface area contributed by atoms with Gasteiger partial charge in [0.15, 0.2) is 0 Å². The minimum Gasteiger partial charge on any atom is -0.334 e. The topological polar surface area (TPSA) is 98.8 Å². The summed E-state index contributed by atoms with van der Waals surface area (Å²) in [5, 5.41) is 19.5. The lowest BCUT2D eigenvalue weighted by Crippen LogP contribution is -2.10. The summed E-state index contributed by atoms with van der Waals surface area (Å²) in [7, 11) is 0. The Morgan fingerprint density at radius 2 is 2.00 bits per heavy atom. The van der Waals surface area contributed by atoms with Crippen LogP contribution in [0.15, 0.2) is 30.6 Å². The Morgan fingerprint density at radius 3 is 2.64 bits per heavy atom. The number of rotatable bonds is 4. The molecule has 0 saturated carbocycles. The van der Waals surface area contributed by atoms with E-state index in [0.29, 0.717) is 10.7 Å². The lowest BCUT2D eigenvalue weighted by atomic mass is 10.2. The van der Waals surface area contributed by atoms with Crippen LogP contribution >= 0.6 is 11.6 Å². The normalized spacial score (nSPS) is 10.7. The van der Waals surface area contributed by atoms with Crippen molar-refractivity contribution < 1.29 is 4.92 Å². The Hall–Kier alpha value is -3.00. The van der Waals surface area contributed by atoms with Crippen LogP contribution in [0.4, 0.5) is 17.2 Å². The first-order valence-electron chi connectivity index (χ1n) is 7.43. The Bertz CT molecular complexity index is 969. The average Bonchev–Trinajstić information content (AvgIpc) is 2.89. The van der Waals surface area contributed by atoms with Crippen LogP contribution in [0.1, 0.15) is 17.0 Å². The Kier molecular flexibility index (Phi) is 4.37. The molecule has 0 bridgehead atoms. The van der Waals surface area contributed by atoms with Crippen molar-refractivity contribution in [2.24, 2.45) is 0 Å². The van der Waals surface area contributed by atoms with Gasteiger partial charge < -0.3 is 5.32 Å². The summed E-state index contributed by atoms with van der Waals surface area (Å²) in [5.74, 6) is 0.181. The first-order valence-corrected chi connectivity index (χ1v) is 7.81. The van der Waals surface area contributed by atoms with E-state index in [4.69, 9.17) is 11.6 Å². The predicted octanol–water partition coefficient (Wildman–Crippen LogP) is 3.89. The quantitative estimate of drug-likeness (QED) is 0.561. The van der Waals surface area contributed by atoms with E-state index in [1.807, 2.05) is 19.9 Å². The molecule has 2 heterocycles. The van der Waals surface area contributed by atoms with Crippen molar-refractivity contribution in [3.63, 3.8) is 0 Å².